The van der Waals surface area contributed by atoms with E-state index >= 15 is 0 Å². The highest BCUT2D eigenvalue weighted by Crippen LogP contribution is 2.19. The van der Waals surface area contributed by atoms with Gasteiger partial charge in [-0.3, -0.25) is 0 Å². The molecule has 2 rings (SSSR count). The minimum absolute atomic E-state index is 0.636. The summed E-state index contributed by atoms with van der Waals surface area (Å²) in [5.74, 6) is 1.29. The molecule has 0 saturated heterocycles. The van der Waals surface area contributed by atoms with E-state index in [9.17, 15) is 0 Å². The van der Waals surface area contributed by atoms with E-state index in [1.54, 1.807) is 6.08 Å². The molecule has 0 nitrogen and oxygen atoms in total. The molecule has 0 atom stereocenters. The van der Waals surface area contributed by atoms with Gasteiger partial charge in [0.2, 0.25) is 0 Å². The van der Waals surface area contributed by atoms with Crippen LogP contribution in [-0.4, -0.2) is 0 Å². The Labute approximate surface area is 245 Å². The lowest BCUT2D eigenvalue weighted by molar-refractivity contribution is 0.607. The fourth-order valence-corrected chi connectivity index (χ4v) is 4.68. The van der Waals surface area contributed by atoms with Gasteiger partial charge >= 0.3 is 0 Å². The summed E-state index contributed by atoms with van der Waals surface area (Å²) in [5.41, 5.74) is 7.40. The first-order chi connectivity index (χ1) is 18.8. The molecule has 0 N–H and O–H groups in total. The largest absolute Gasteiger partial charge is 0.103 e. The maximum absolute atomic E-state index is 4.13. The van der Waals surface area contributed by atoms with Gasteiger partial charge in [0.1, 0.15) is 0 Å². The van der Waals surface area contributed by atoms with Crippen LogP contribution in [0.5, 0.6) is 0 Å². The van der Waals surface area contributed by atoms with Crippen LogP contribution in [0.2, 0.25) is 0 Å². The van der Waals surface area contributed by atoms with Crippen LogP contribution < -0.4 is 0 Å². The Bertz CT molecular complexity index is 854. The van der Waals surface area contributed by atoms with Crippen molar-refractivity contribution < 1.29 is 0 Å². The van der Waals surface area contributed by atoms with Crippen molar-refractivity contribution in [1.82, 2.24) is 0 Å². The van der Waals surface area contributed by atoms with Gasteiger partial charge < -0.3 is 0 Å². The lowest BCUT2D eigenvalue weighted by Gasteiger charge is -2.08. The highest BCUT2D eigenvalue weighted by molar-refractivity contribution is 5.26. The summed E-state index contributed by atoms with van der Waals surface area (Å²) in [6.07, 6.45) is 20.2. The predicted molar refractivity (Wildman–Crippen MR) is 180 cm³/mol. The number of benzene rings is 2. The molecular weight excluding hydrogens is 468 g/mol. The van der Waals surface area contributed by atoms with Crippen LogP contribution >= 0.6 is 0 Å². The second kappa shape index (κ2) is 24.9. The zero-order valence-electron chi connectivity index (χ0n) is 27.2. The van der Waals surface area contributed by atoms with E-state index in [-0.39, 0.29) is 0 Å². The first-order valence-electron chi connectivity index (χ1n) is 16.2. The Balaban J connectivity index is 0.000000676. The Hall–Kier alpha value is -2.08. The van der Waals surface area contributed by atoms with Crippen LogP contribution in [0.1, 0.15) is 160 Å². The van der Waals surface area contributed by atoms with Crippen LogP contribution in [0.15, 0.2) is 73.3 Å². The minimum atomic E-state index is 0.636. The summed E-state index contributed by atoms with van der Waals surface area (Å²) in [6.45, 7) is 22.9. The van der Waals surface area contributed by atoms with Crippen molar-refractivity contribution in [2.45, 2.75) is 150 Å². The molecule has 0 aromatic heterocycles. The van der Waals surface area contributed by atoms with Gasteiger partial charge in [-0.1, -0.05) is 153 Å². The van der Waals surface area contributed by atoms with Crippen molar-refractivity contribution >= 4 is 0 Å². The predicted octanol–water partition coefficient (Wildman–Crippen LogP) is 13.2. The van der Waals surface area contributed by atoms with E-state index in [1.165, 1.54) is 118 Å². The van der Waals surface area contributed by atoms with Crippen LogP contribution in [0.3, 0.4) is 0 Å². The number of unbranched alkanes of at least 4 members (excludes halogenated alkanes) is 7. The average molecular weight is 533 g/mol. The molecule has 2 aromatic carbocycles. The number of aryl methyl sites for hydroxylation is 2. The van der Waals surface area contributed by atoms with Crippen LogP contribution in [0.4, 0.5) is 0 Å². The minimum Gasteiger partial charge on any atom is -0.103 e. The molecule has 0 bridgehead atoms. The summed E-state index contributed by atoms with van der Waals surface area (Å²) < 4.78 is 0. The molecule has 0 heteroatoms. The van der Waals surface area contributed by atoms with Crippen molar-refractivity contribution in [1.29, 1.82) is 0 Å². The maximum atomic E-state index is 4.13. The standard InChI is InChI=1S/C19H30.C17H28.C3H6/c1-5-10-17(4)11-7-6-8-12-18-13-9-14-19(15-18)16(2)3;1-4-5-6-7-8-9-11-16-12-10-13-17(14-16)15(2)3;1-3-2/h9,13-16H,4-8,10-12H2,1-3H3;10,12-15H,4-9,11H2,1-3H3;3H,1H2,2H3. The Morgan fingerprint density at radius 3 is 1.51 bits per heavy atom. The second-order valence-electron chi connectivity index (χ2n) is 11.8. The number of rotatable bonds is 17. The van der Waals surface area contributed by atoms with E-state index in [4.69, 9.17) is 0 Å². The van der Waals surface area contributed by atoms with E-state index < -0.39 is 0 Å². The third-order valence-corrected chi connectivity index (χ3v) is 7.15. The fourth-order valence-electron chi connectivity index (χ4n) is 4.68. The molecule has 0 radical (unpaired) electrons. The molecule has 2 aromatic rings. The molecule has 0 aliphatic heterocycles. The molecule has 0 spiro atoms. The van der Waals surface area contributed by atoms with E-state index in [2.05, 4.69) is 103 Å². The van der Waals surface area contributed by atoms with Crippen molar-refractivity contribution in [2.75, 3.05) is 0 Å². The average Bonchev–Trinajstić information content (AvgIpc) is 2.92. The first-order valence-corrected chi connectivity index (χ1v) is 16.2. The molecule has 0 aliphatic rings. The summed E-state index contributed by atoms with van der Waals surface area (Å²) >= 11 is 0. The van der Waals surface area contributed by atoms with Crippen molar-refractivity contribution in [3.05, 3.63) is 95.6 Å². The molecule has 0 amide bonds. The fraction of sp³-hybridized carbons (Fsp3) is 0.590. The monoisotopic (exact) mass is 533 g/mol. The molecular formula is C39H64. The van der Waals surface area contributed by atoms with E-state index in [0.29, 0.717) is 11.8 Å². The van der Waals surface area contributed by atoms with Crippen molar-refractivity contribution in [3.63, 3.8) is 0 Å². The molecule has 0 saturated carbocycles. The van der Waals surface area contributed by atoms with Gasteiger partial charge in [0.05, 0.1) is 0 Å². The van der Waals surface area contributed by atoms with E-state index in [0.717, 1.165) is 0 Å². The molecule has 0 aliphatic carbocycles. The molecule has 220 valence electrons. The van der Waals surface area contributed by atoms with Crippen LogP contribution in [0.25, 0.3) is 0 Å². The highest BCUT2D eigenvalue weighted by atomic mass is 14.1. The van der Waals surface area contributed by atoms with Gasteiger partial charge in [-0.2, -0.15) is 0 Å². The topological polar surface area (TPSA) is 0 Å². The zero-order chi connectivity index (χ0) is 29.3. The van der Waals surface area contributed by atoms with Gasteiger partial charge in [0, 0.05) is 0 Å². The quantitative estimate of drug-likeness (QED) is 0.140. The van der Waals surface area contributed by atoms with Gasteiger partial charge in [-0.05, 0) is 86.0 Å². The smallest absolute Gasteiger partial charge is 0.0219 e. The number of allylic oxidation sites excluding steroid dienone is 2. The molecule has 0 fully saturated rings. The van der Waals surface area contributed by atoms with Gasteiger partial charge in [0.15, 0.2) is 0 Å². The van der Waals surface area contributed by atoms with Crippen LogP contribution in [0, 0.1) is 0 Å². The lowest BCUT2D eigenvalue weighted by atomic mass is 9.98. The number of hydrogen-bond donors (Lipinski definition) is 0. The molecule has 0 unspecified atom stereocenters. The summed E-state index contributed by atoms with van der Waals surface area (Å²) in [4.78, 5) is 0. The zero-order valence-corrected chi connectivity index (χ0v) is 27.2. The van der Waals surface area contributed by atoms with Gasteiger partial charge in [0.25, 0.3) is 0 Å². The van der Waals surface area contributed by atoms with Gasteiger partial charge in [-0.25, -0.2) is 0 Å². The normalized spacial score (nSPS) is 10.5. The highest BCUT2D eigenvalue weighted by Gasteiger charge is 2.02. The summed E-state index contributed by atoms with van der Waals surface area (Å²) in [5, 5.41) is 0. The maximum Gasteiger partial charge on any atom is -0.0219 e. The van der Waals surface area contributed by atoms with Crippen molar-refractivity contribution in [2.24, 2.45) is 0 Å². The second-order valence-corrected chi connectivity index (χ2v) is 11.8. The van der Waals surface area contributed by atoms with Crippen molar-refractivity contribution in [3.8, 4) is 0 Å². The molecule has 39 heavy (non-hydrogen) atoms. The number of hydrogen-bond acceptors (Lipinski definition) is 0. The lowest BCUT2D eigenvalue weighted by Crippen LogP contribution is -1.91. The summed E-state index contributed by atoms with van der Waals surface area (Å²) in [7, 11) is 0. The first kappa shape index (κ1) is 36.9. The Morgan fingerprint density at radius 2 is 1.08 bits per heavy atom. The third-order valence-electron chi connectivity index (χ3n) is 7.15. The molecule has 0 heterocycles. The third kappa shape index (κ3) is 20.5. The SMILES string of the molecule is C=C(CCC)CCCCCc1cccc(C(C)C)c1.C=CC.CCCCCCCCc1cccc(C(C)C)c1. The van der Waals surface area contributed by atoms with E-state index in [1.807, 2.05) is 6.92 Å². The van der Waals surface area contributed by atoms with Gasteiger partial charge in [-0.15, -0.1) is 6.58 Å². The Kier molecular flexibility index (Phi) is 23.6. The Morgan fingerprint density at radius 1 is 0.641 bits per heavy atom. The summed E-state index contributed by atoms with van der Waals surface area (Å²) in [6, 6.07) is 18.2. The van der Waals surface area contributed by atoms with Crippen LogP contribution in [-0.2, 0) is 12.8 Å².